The van der Waals surface area contributed by atoms with Crippen LogP contribution in [-0.2, 0) is 9.59 Å². The minimum absolute atomic E-state index is 0.0628. The molecule has 0 radical (unpaired) electrons. The topological polar surface area (TPSA) is 115 Å². The highest BCUT2D eigenvalue weighted by molar-refractivity contribution is 5.67. The fourth-order valence-corrected chi connectivity index (χ4v) is 0.939. The molecular formula is C11H22O6. The number of hydrogen-bond donors (Lipinski definition) is 4. The molecule has 0 aromatic carbocycles. The van der Waals surface area contributed by atoms with Crippen molar-refractivity contribution in [2.24, 2.45) is 0 Å². The van der Waals surface area contributed by atoms with Gasteiger partial charge >= 0.3 is 11.9 Å². The Labute approximate surface area is 101 Å². The van der Waals surface area contributed by atoms with Gasteiger partial charge in [-0.2, -0.15) is 0 Å². The second kappa shape index (κ2) is 12.9. The molecular weight excluding hydrogens is 228 g/mol. The number of carboxylic acids is 2. The minimum atomic E-state index is -0.870. The molecule has 17 heavy (non-hydrogen) atoms. The number of aliphatic carboxylic acids is 2. The third-order valence-electron chi connectivity index (χ3n) is 1.81. The van der Waals surface area contributed by atoms with Gasteiger partial charge in [-0.25, -0.2) is 0 Å². The van der Waals surface area contributed by atoms with Crippen LogP contribution in [0.2, 0.25) is 0 Å². The van der Waals surface area contributed by atoms with Crippen molar-refractivity contribution in [1.82, 2.24) is 0 Å². The molecule has 0 amide bonds. The second-order valence-electron chi connectivity index (χ2n) is 3.71. The predicted octanol–water partition coefficient (Wildman–Crippen LogP) is 0.856. The lowest BCUT2D eigenvalue weighted by atomic mass is 10.2. The summed E-state index contributed by atoms with van der Waals surface area (Å²) in [5, 5.41) is 33.0. The van der Waals surface area contributed by atoms with Gasteiger partial charge in [-0.05, 0) is 32.6 Å². The average Bonchev–Trinajstić information content (AvgIpc) is 2.22. The molecule has 102 valence electrons. The molecule has 0 spiro atoms. The van der Waals surface area contributed by atoms with E-state index in [-0.39, 0.29) is 25.6 Å². The standard InChI is InChI=1S/C6H10O4.C5H12O2/c7-5(8)3-1-2-4-6(9)10;1-5(7)3-2-4-6/h1-4H2,(H,7,8)(H,9,10);5-7H,2-4H2,1H3. The van der Waals surface area contributed by atoms with Crippen LogP contribution >= 0.6 is 0 Å². The van der Waals surface area contributed by atoms with Crippen molar-refractivity contribution in [3.63, 3.8) is 0 Å². The molecule has 6 heteroatoms. The summed E-state index contributed by atoms with van der Waals surface area (Å²) in [5.41, 5.74) is 0. The molecule has 0 heterocycles. The van der Waals surface area contributed by atoms with Crippen molar-refractivity contribution in [3.8, 4) is 0 Å². The molecule has 0 rings (SSSR count). The van der Waals surface area contributed by atoms with Gasteiger partial charge in [-0.15, -0.1) is 0 Å². The van der Waals surface area contributed by atoms with Crippen molar-refractivity contribution in [2.75, 3.05) is 6.61 Å². The van der Waals surface area contributed by atoms with Gasteiger partial charge in [0.1, 0.15) is 0 Å². The van der Waals surface area contributed by atoms with Gasteiger partial charge in [0.15, 0.2) is 0 Å². The van der Waals surface area contributed by atoms with E-state index < -0.39 is 11.9 Å². The van der Waals surface area contributed by atoms with Crippen LogP contribution in [0.5, 0.6) is 0 Å². The zero-order valence-corrected chi connectivity index (χ0v) is 10.1. The Balaban J connectivity index is 0. The molecule has 0 aliphatic heterocycles. The highest BCUT2D eigenvalue weighted by atomic mass is 16.4. The van der Waals surface area contributed by atoms with Gasteiger partial charge in [0.25, 0.3) is 0 Å². The van der Waals surface area contributed by atoms with Crippen molar-refractivity contribution in [3.05, 3.63) is 0 Å². The summed E-state index contributed by atoms with van der Waals surface area (Å²) in [6, 6.07) is 0. The number of hydrogen-bond acceptors (Lipinski definition) is 4. The molecule has 0 bridgehead atoms. The zero-order valence-electron chi connectivity index (χ0n) is 10.1. The quantitative estimate of drug-likeness (QED) is 0.475. The Morgan fingerprint density at radius 3 is 1.59 bits per heavy atom. The summed E-state index contributed by atoms with van der Waals surface area (Å²) in [5.74, 6) is -1.74. The first-order chi connectivity index (χ1) is 7.90. The number of carboxylic acid groups (broad SMARTS) is 2. The normalized spacial score (nSPS) is 11.2. The molecule has 0 aromatic rings. The summed E-state index contributed by atoms with van der Waals surface area (Å²) < 4.78 is 0. The summed E-state index contributed by atoms with van der Waals surface area (Å²) in [6.45, 7) is 1.90. The molecule has 0 aliphatic carbocycles. The van der Waals surface area contributed by atoms with Gasteiger partial charge in [0.05, 0.1) is 6.10 Å². The van der Waals surface area contributed by atoms with Crippen molar-refractivity contribution >= 4 is 11.9 Å². The minimum Gasteiger partial charge on any atom is -0.481 e. The molecule has 4 N–H and O–H groups in total. The van der Waals surface area contributed by atoms with E-state index in [0.29, 0.717) is 25.7 Å². The van der Waals surface area contributed by atoms with Crippen LogP contribution in [0.25, 0.3) is 0 Å². The molecule has 6 nitrogen and oxygen atoms in total. The first-order valence-corrected chi connectivity index (χ1v) is 5.62. The molecule has 0 aliphatic rings. The van der Waals surface area contributed by atoms with Gasteiger partial charge in [0, 0.05) is 19.4 Å². The van der Waals surface area contributed by atoms with E-state index in [9.17, 15) is 9.59 Å². The molecule has 1 atom stereocenters. The molecule has 1 unspecified atom stereocenters. The van der Waals surface area contributed by atoms with Gasteiger partial charge in [-0.1, -0.05) is 0 Å². The molecule has 0 saturated heterocycles. The highest BCUT2D eigenvalue weighted by Gasteiger charge is 1.99. The maximum absolute atomic E-state index is 9.90. The summed E-state index contributed by atoms with van der Waals surface area (Å²) in [4.78, 5) is 19.8. The summed E-state index contributed by atoms with van der Waals surface area (Å²) >= 11 is 0. The zero-order chi connectivity index (χ0) is 13.7. The van der Waals surface area contributed by atoms with Crippen molar-refractivity contribution in [1.29, 1.82) is 0 Å². The Hall–Kier alpha value is -1.14. The van der Waals surface area contributed by atoms with Crippen LogP contribution in [0.1, 0.15) is 45.4 Å². The predicted molar refractivity (Wildman–Crippen MR) is 61.7 cm³/mol. The van der Waals surface area contributed by atoms with Crippen LogP contribution < -0.4 is 0 Å². The number of aliphatic hydroxyl groups is 2. The van der Waals surface area contributed by atoms with E-state index in [4.69, 9.17) is 20.4 Å². The van der Waals surface area contributed by atoms with Crippen LogP contribution in [0.15, 0.2) is 0 Å². The maximum atomic E-state index is 9.90. The van der Waals surface area contributed by atoms with Crippen molar-refractivity contribution < 1.29 is 30.0 Å². The third-order valence-corrected chi connectivity index (χ3v) is 1.81. The third kappa shape index (κ3) is 25.3. The lowest BCUT2D eigenvalue weighted by Crippen LogP contribution is -1.99. The van der Waals surface area contributed by atoms with E-state index in [1.807, 2.05) is 0 Å². The fraction of sp³-hybridized carbons (Fsp3) is 0.818. The van der Waals surface area contributed by atoms with E-state index in [1.165, 1.54) is 0 Å². The first-order valence-electron chi connectivity index (χ1n) is 5.62. The largest absolute Gasteiger partial charge is 0.481 e. The lowest BCUT2D eigenvalue weighted by Gasteiger charge is -1.98. The van der Waals surface area contributed by atoms with Gasteiger partial charge < -0.3 is 20.4 Å². The van der Waals surface area contributed by atoms with E-state index in [0.717, 1.165) is 0 Å². The monoisotopic (exact) mass is 250 g/mol. The lowest BCUT2D eigenvalue weighted by molar-refractivity contribution is -0.139. The number of carbonyl (C=O) groups is 2. The summed E-state index contributed by atoms with van der Waals surface area (Å²) in [6.07, 6.45) is 2.17. The second-order valence-corrected chi connectivity index (χ2v) is 3.71. The SMILES string of the molecule is CC(O)CCCO.O=C(O)CCCCC(=O)O. The van der Waals surface area contributed by atoms with Crippen LogP contribution in [0.3, 0.4) is 0 Å². The van der Waals surface area contributed by atoms with Crippen LogP contribution in [0, 0.1) is 0 Å². The highest BCUT2D eigenvalue weighted by Crippen LogP contribution is 1.98. The molecule has 0 aromatic heterocycles. The van der Waals surface area contributed by atoms with E-state index in [1.54, 1.807) is 6.92 Å². The number of aliphatic hydroxyl groups excluding tert-OH is 2. The van der Waals surface area contributed by atoms with Crippen LogP contribution in [0.4, 0.5) is 0 Å². The number of unbranched alkanes of at least 4 members (excludes halogenated alkanes) is 1. The van der Waals surface area contributed by atoms with Gasteiger partial charge in [-0.3, -0.25) is 9.59 Å². The first kappa shape index (κ1) is 18.2. The Kier molecular flexibility index (Phi) is 13.9. The smallest absolute Gasteiger partial charge is 0.303 e. The van der Waals surface area contributed by atoms with E-state index >= 15 is 0 Å². The average molecular weight is 250 g/mol. The Bertz CT molecular complexity index is 186. The molecule has 0 saturated carbocycles. The maximum Gasteiger partial charge on any atom is 0.303 e. The van der Waals surface area contributed by atoms with Crippen LogP contribution in [-0.4, -0.2) is 45.1 Å². The summed E-state index contributed by atoms with van der Waals surface area (Å²) in [7, 11) is 0. The van der Waals surface area contributed by atoms with Gasteiger partial charge in [0.2, 0.25) is 0 Å². The Morgan fingerprint density at radius 2 is 1.41 bits per heavy atom. The fourth-order valence-electron chi connectivity index (χ4n) is 0.939. The number of rotatable bonds is 8. The van der Waals surface area contributed by atoms with Crippen molar-refractivity contribution in [2.45, 2.75) is 51.6 Å². The van der Waals surface area contributed by atoms with E-state index in [2.05, 4.69) is 0 Å². The molecule has 0 fully saturated rings. The Morgan fingerprint density at radius 1 is 1.00 bits per heavy atom.